The van der Waals surface area contributed by atoms with E-state index in [1.807, 2.05) is 26.0 Å². The second-order valence-corrected chi connectivity index (χ2v) is 3.06. The van der Waals surface area contributed by atoms with Crippen LogP contribution in [0.5, 0.6) is 0 Å². The number of likely N-dealkylation sites (tertiary alicyclic amines) is 1. The first-order chi connectivity index (χ1) is 6.72. The first-order valence-corrected chi connectivity index (χ1v) is 4.88. The third-order valence-electron chi connectivity index (χ3n) is 2.37. The molecule has 1 aliphatic carbocycles. The number of nitrogens with zero attached hydrogens (tertiary/aromatic N) is 1. The van der Waals surface area contributed by atoms with Gasteiger partial charge in [0.2, 0.25) is 11.8 Å². The molecule has 2 aliphatic rings. The lowest BCUT2D eigenvalue weighted by atomic mass is 9.91. The van der Waals surface area contributed by atoms with E-state index in [4.69, 9.17) is 0 Å². The van der Waals surface area contributed by atoms with Crippen molar-refractivity contribution in [2.24, 2.45) is 11.8 Å². The van der Waals surface area contributed by atoms with Gasteiger partial charge in [-0.3, -0.25) is 14.5 Å². The second kappa shape index (κ2) is 4.22. The zero-order valence-electron chi connectivity index (χ0n) is 8.73. The minimum absolute atomic E-state index is 0.0920. The Labute approximate surface area is 84.1 Å². The Morgan fingerprint density at radius 1 is 1.00 bits per heavy atom. The van der Waals surface area contributed by atoms with E-state index >= 15 is 0 Å². The van der Waals surface area contributed by atoms with Crippen LogP contribution in [0.15, 0.2) is 24.3 Å². The van der Waals surface area contributed by atoms with Crippen molar-refractivity contribution in [1.82, 2.24) is 4.90 Å². The van der Waals surface area contributed by atoms with Gasteiger partial charge in [0.05, 0.1) is 11.8 Å². The summed E-state index contributed by atoms with van der Waals surface area (Å²) in [5, 5.41) is 0. The number of carbonyl (C=O) groups excluding carboxylic acids is 2. The highest BCUT2D eigenvalue weighted by Crippen LogP contribution is 2.29. The molecule has 0 aromatic rings. The van der Waals surface area contributed by atoms with Crippen molar-refractivity contribution in [3.63, 3.8) is 0 Å². The number of carbonyl (C=O) groups is 2. The van der Waals surface area contributed by atoms with Gasteiger partial charge in [0.15, 0.2) is 0 Å². The maximum Gasteiger partial charge on any atom is 0.236 e. The third kappa shape index (κ3) is 1.50. The fourth-order valence-electron chi connectivity index (χ4n) is 1.63. The van der Waals surface area contributed by atoms with Gasteiger partial charge in [-0.2, -0.15) is 0 Å². The lowest BCUT2D eigenvalue weighted by Crippen LogP contribution is -2.25. The first-order valence-electron chi connectivity index (χ1n) is 4.88. The van der Waals surface area contributed by atoms with Gasteiger partial charge in [-0.1, -0.05) is 38.2 Å². The summed E-state index contributed by atoms with van der Waals surface area (Å²) in [7, 11) is 1.53. The van der Waals surface area contributed by atoms with Crippen LogP contribution in [0.3, 0.4) is 0 Å². The Morgan fingerprint density at radius 3 is 1.71 bits per heavy atom. The van der Waals surface area contributed by atoms with Crippen LogP contribution in [-0.4, -0.2) is 23.8 Å². The van der Waals surface area contributed by atoms with Crippen molar-refractivity contribution in [2.75, 3.05) is 7.05 Å². The zero-order chi connectivity index (χ0) is 10.7. The maximum absolute atomic E-state index is 11.4. The SMILES string of the molecule is CC.CN1C(=O)C2C=CC=CC2C1=O. The molecule has 3 nitrogen and oxygen atoms in total. The molecule has 0 aromatic carbocycles. The summed E-state index contributed by atoms with van der Waals surface area (Å²) in [5.41, 5.74) is 0. The Kier molecular flexibility index (Phi) is 3.23. The van der Waals surface area contributed by atoms with Crippen LogP contribution in [0.25, 0.3) is 0 Å². The highest BCUT2D eigenvalue weighted by atomic mass is 16.2. The first kappa shape index (κ1) is 10.7. The highest BCUT2D eigenvalue weighted by Gasteiger charge is 2.43. The molecular formula is C11H15NO2. The van der Waals surface area contributed by atoms with Crippen molar-refractivity contribution in [2.45, 2.75) is 13.8 Å². The Balaban J connectivity index is 0.000000461. The topological polar surface area (TPSA) is 37.4 Å². The van der Waals surface area contributed by atoms with Gasteiger partial charge >= 0.3 is 0 Å². The molecule has 2 unspecified atom stereocenters. The van der Waals surface area contributed by atoms with Crippen LogP contribution < -0.4 is 0 Å². The summed E-state index contributed by atoms with van der Waals surface area (Å²) in [6.45, 7) is 4.00. The van der Waals surface area contributed by atoms with E-state index in [1.54, 1.807) is 12.2 Å². The van der Waals surface area contributed by atoms with Gasteiger partial charge in [-0.25, -0.2) is 0 Å². The van der Waals surface area contributed by atoms with Gasteiger partial charge in [0.25, 0.3) is 0 Å². The fraction of sp³-hybridized carbons (Fsp3) is 0.455. The van der Waals surface area contributed by atoms with Crippen LogP contribution in [0.1, 0.15) is 13.8 Å². The summed E-state index contributed by atoms with van der Waals surface area (Å²) in [6, 6.07) is 0. The summed E-state index contributed by atoms with van der Waals surface area (Å²) < 4.78 is 0. The molecule has 1 heterocycles. The molecule has 2 amide bonds. The van der Waals surface area contributed by atoms with Crippen LogP contribution >= 0.6 is 0 Å². The monoisotopic (exact) mass is 193 g/mol. The number of hydrogen-bond donors (Lipinski definition) is 0. The predicted molar refractivity (Wildman–Crippen MR) is 54.4 cm³/mol. The molecule has 2 rings (SSSR count). The smallest absolute Gasteiger partial charge is 0.236 e. The van der Waals surface area contributed by atoms with Crippen molar-refractivity contribution in [3.05, 3.63) is 24.3 Å². The lowest BCUT2D eigenvalue weighted by molar-refractivity contribution is -0.137. The van der Waals surface area contributed by atoms with Crippen molar-refractivity contribution >= 4 is 11.8 Å². The average molecular weight is 193 g/mol. The molecule has 1 saturated heterocycles. The van der Waals surface area contributed by atoms with Crippen LogP contribution in [0.2, 0.25) is 0 Å². The van der Waals surface area contributed by atoms with Crippen LogP contribution in [-0.2, 0) is 9.59 Å². The van der Waals surface area contributed by atoms with E-state index in [0.29, 0.717) is 0 Å². The lowest BCUT2D eigenvalue weighted by Gasteiger charge is -2.08. The molecule has 3 heteroatoms. The number of fused-ring (bicyclic) bond motifs is 1. The molecule has 76 valence electrons. The number of rotatable bonds is 0. The number of amides is 2. The van der Waals surface area contributed by atoms with E-state index in [-0.39, 0.29) is 23.7 Å². The van der Waals surface area contributed by atoms with Crippen molar-refractivity contribution in [1.29, 1.82) is 0 Å². The number of allylic oxidation sites excluding steroid dienone is 2. The minimum Gasteiger partial charge on any atom is -0.285 e. The highest BCUT2D eigenvalue weighted by molar-refractivity contribution is 6.06. The summed E-state index contributed by atoms with van der Waals surface area (Å²) >= 11 is 0. The molecule has 2 atom stereocenters. The van der Waals surface area contributed by atoms with Gasteiger partial charge in [0.1, 0.15) is 0 Å². The van der Waals surface area contributed by atoms with E-state index in [9.17, 15) is 9.59 Å². The second-order valence-electron chi connectivity index (χ2n) is 3.06. The van der Waals surface area contributed by atoms with Gasteiger partial charge < -0.3 is 0 Å². The van der Waals surface area contributed by atoms with Crippen LogP contribution in [0, 0.1) is 11.8 Å². The van der Waals surface area contributed by atoms with Gasteiger partial charge in [-0.05, 0) is 0 Å². The molecule has 0 saturated carbocycles. The molecule has 0 aromatic heterocycles. The van der Waals surface area contributed by atoms with Crippen LogP contribution in [0.4, 0.5) is 0 Å². The molecule has 1 fully saturated rings. The Hall–Kier alpha value is -1.38. The quantitative estimate of drug-likeness (QED) is 0.545. The summed E-state index contributed by atoms with van der Waals surface area (Å²) in [6.07, 6.45) is 7.19. The fourth-order valence-corrected chi connectivity index (χ4v) is 1.63. The minimum atomic E-state index is -0.243. The summed E-state index contributed by atoms with van der Waals surface area (Å²) in [4.78, 5) is 23.9. The van der Waals surface area contributed by atoms with Crippen molar-refractivity contribution in [3.8, 4) is 0 Å². The van der Waals surface area contributed by atoms with E-state index < -0.39 is 0 Å². The molecule has 0 radical (unpaired) electrons. The molecule has 0 N–H and O–H groups in total. The predicted octanol–water partition coefficient (Wildman–Crippen LogP) is 1.37. The molecule has 0 spiro atoms. The van der Waals surface area contributed by atoms with Crippen molar-refractivity contribution < 1.29 is 9.59 Å². The van der Waals surface area contributed by atoms with Gasteiger partial charge in [0, 0.05) is 7.05 Å². The van der Waals surface area contributed by atoms with E-state index in [1.165, 1.54) is 11.9 Å². The number of hydrogen-bond acceptors (Lipinski definition) is 2. The molecule has 14 heavy (non-hydrogen) atoms. The maximum atomic E-state index is 11.4. The standard InChI is InChI=1S/C9H9NO2.C2H6/c1-10-8(11)6-4-2-3-5-7(6)9(10)12;1-2/h2-7H,1H3;1-2H3. The third-order valence-corrected chi connectivity index (χ3v) is 2.37. The molecular weight excluding hydrogens is 178 g/mol. The summed E-state index contributed by atoms with van der Waals surface area (Å²) in [5.74, 6) is -0.670. The Bertz CT molecular complexity index is 274. The van der Waals surface area contributed by atoms with Gasteiger partial charge in [-0.15, -0.1) is 0 Å². The normalized spacial score (nSPS) is 28.6. The van der Waals surface area contributed by atoms with E-state index in [2.05, 4.69) is 0 Å². The molecule has 1 aliphatic heterocycles. The van der Waals surface area contributed by atoms with E-state index in [0.717, 1.165) is 0 Å². The Morgan fingerprint density at radius 2 is 1.36 bits per heavy atom. The number of imide groups is 1. The average Bonchev–Trinajstić information content (AvgIpc) is 2.48. The zero-order valence-corrected chi connectivity index (χ0v) is 8.73. The molecule has 0 bridgehead atoms. The largest absolute Gasteiger partial charge is 0.285 e.